The van der Waals surface area contributed by atoms with Crippen LogP contribution in [0.4, 0.5) is 0 Å². The monoisotopic (exact) mass is 343 g/mol. The maximum absolute atomic E-state index is 12.7. The second-order valence-corrected chi connectivity index (χ2v) is 9.42. The van der Waals surface area contributed by atoms with E-state index in [0.717, 1.165) is 6.42 Å². The number of nitrogens with zero attached hydrogens (tertiary/aromatic N) is 1. The lowest BCUT2D eigenvalue weighted by molar-refractivity contribution is -0.153. The molecule has 138 valence electrons. The minimum atomic E-state index is -0.269. The van der Waals surface area contributed by atoms with Gasteiger partial charge in [-0.05, 0) is 51.4 Å². The lowest BCUT2D eigenvalue weighted by Crippen LogP contribution is -2.63. The molecular weight excluding hydrogens is 310 g/mol. The Balaban J connectivity index is 1.81. The fourth-order valence-electron chi connectivity index (χ4n) is 6.47. The van der Waals surface area contributed by atoms with Gasteiger partial charge in [-0.25, -0.2) is 0 Å². The molecular formula is C22H33NO2. The summed E-state index contributed by atoms with van der Waals surface area (Å²) in [5, 5.41) is 0. The summed E-state index contributed by atoms with van der Waals surface area (Å²) in [6.45, 7) is 9.46. The van der Waals surface area contributed by atoms with Crippen LogP contribution in [0.3, 0.4) is 0 Å². The molecule has 0 unspecified atom stereocenters. The molecule has 1 spiro atoms. The second-order valence-electron chi connectivity index (χ2n) is 9.42. The smallest absolute Gasteiger partial charge is 0.310 e. The number of aliphatic imine (C=N–C) groups is 1. The highest BCUT2D eigenvalue weighted by Crippen LogP contribution is 2.63. The molecule has 5 rings (SSSR count). The average Bonchev–Trinajstić information content (AvgIpc) is 2.58. The van der Waals surface area contributed by atoms with Crippen molar-refractivity contribution < 1.29 is 9.53 Å². The maximum Gasteiger partial charge on any atom is 0.310 e. The third-order valence-corrected chi connectivity index (χ3v) is 8.09. The van der Waals surface area contributed by atoms with Crippen LogP contribution < -0.4 is 0 Å². The molecule has 1 aliphatic heterocycles. The topological polar surface area (TPSA) is 38.7 Å². The van der Waals surface area contributed by atoms with E-state index in [0.29, 0.717) is 18.4 Å². The number of carbonyl (C=O) groups is 1. The molecule has 0 aromatic heterocycles. The van der Waals surface area contributed by atoms with E-state index in [9.17, 15) is 4.79 Å². The van der Waals surface area contributed by atoms with Gasteiger partial charge in [-0.15, -0.1) is 0 Å². The van der Waals surface area contributed by atoms with Crippen LogP contribution in [0.15, 0.2) is 17.1 Å². The first-order valence-electron chi connectivity index (χ1n) is 10.3. The molecule has 25 heavy (non-hydrogen) atoms. The summed E-state index contributed by atoms with van der Waals surface area (Å²) in [7, 11) is 0. The SMILES string of the molecule is CCOC(=O)[C@H]1C[C@H]2C=C[C@]1(C)C1=NC3(CCCCC3)C[C@H](C)[C@]12C. The molecule has 4 aliphatic carbocycles. The van der Waals surface area contributed by atoms with Gasteiger partial charge in [0.1, 0.15) is 0 Å². The van der Waals surface area contributed by atoms with E-state index < -0.39 is 0 Å². The van der Waals surface area contributed by atoms with Crippen molar-refractivity contribution in [2.45, 2.75) is 78.2 Å². The van der Waals surface area contributed by atoms with Crippen LogP contribution in [0.1, 0.15) is 72.6 Å². The van der Waals surface area contributed by atoms with E-state index in [1.165, 1.54) is 44.2 Å². The van der Waals surface area contributed by atoms with Crippen molar-refractivity contribution in [2.24, 2.45) is 33.6 Å². The zero-order valence-corrected chi connectivity index (χ0v) is 16.3. The van der Waals surface area contributed by atoms with Gasteiger partial charge >= 0.3 is 5.97 Å². The Morgan fingerprint density at radius 1 is 1.28 bits per heavy atom. The number of fused-ring (bicyclic) bond motifs is 1. The summed E-state index contributed by atoms with van der Waals surface area (Å²) in [6, 6.07) is 0. The van der Waals surface area contributed by atoms with Crippen molar-refractivity contribution in [3.8, 4) is 0 Å². The number of hydrogen-bond acceptors (Lipinski definition) is 3. The molecule has 0 aromatic carbocycles. The molecule has 5 aliphatic rings. The Morgan fingerprint density at radius 3 is 2.68 bits per heavy atom. The van der Waals surface area contributed by atoms with Crippen LogP contribution in [-0.4, -0.2) is 23.8 Å². The van der Waals surface area contributed by atoms with Gasteiger partial charge in [-0.2, -0.15) is 0 Å². The van der Waals surface area contributed by atoms with Gasteiger partial charge in [0.15, 0.2) is 0 Å². The quantitative estimate of drug-likeness (QED) is 0.525. The van der Waals surface area contributed by atoms with E-state index in [1.807, 2.05) is 6.92 Å². The number of esters is 1. The summed E-state index contributed by atoms with van der Waals surface area (Å²) < 4.78 is 5.45. The van der Waals surface area contributed by atoms with Crippen molar-refractivity contribution in [3.05, 3.63) is 12.2 Å². The van der Waals surface area contributed by atoms with Crippen LogP contribution in [0.25, 0.3) is 0 Å². The molecule has 0 aromatic rings. The Morgan fingerprint density at radius 2 is 2.00 bits per heavy atom. The van der Waals surface area contributed by atoms with Crippen LogP contribution in [0, 0.1) is 28.6 Å². The minimum Gasteiger partial charge on any atom is -0.466 e. The molecule has 5 atom stereocenters. The number of hydrogen-bond donors (Lipinski definition) is 0. The Bertz CT molecular complexity index is 630. The first-order chi connectivity index (χ1) is 11.9. The number of ether oxygens (including phenoxy) is 1. The Kier molecular flexibility index (Phi) is 3.94. The van der Waals surface area contributed by atoms with Gasteiger partial charge in [-0.3, -0.25) is 9.79 Å². The molecule has 2 saturated carbocycles. The summed E-state index contributed by atoms with van der Waals surface area (Å²) in [5.41, 5.74) is 1.29. The van der Waals surface area contributed by atoms with E-state index in [1.54, 1.807) is 0 Å². The standard InChI is InChI=1S/C22H33NO2/c1-5-25-18(24)17-13-16-9-12-20(17,3)19-21(16,4)15(2)14-22(23-19)10-7-6-8-11-22/h9,12,15-17H,5-8,10-11,13-14H2,1-4H3/t15-,16+,17+,20-,21-/m0/s1. The van der Waals surface area contributed by atoms with Gasteiger partial charge in [0.25, 0.3) is 0 Å². The lowest BCUT2D eigenvalue weighted by atomic mass is 9.44. The molecule has 0 N–H and O–H groups in total. The van der Waals surface area contributed by atoms with Crippen LogP contribution >= 0.6 is 0 Å². The van der Waals surface area contributed by atoms with E-state index in [-0.39, 0.29) is 28.3 Å². The first-order valence-corrected chi connectivity index (χ1v) is 10.3. The largest absolute Gasteiger partial charge is 0.466 e. The highest BCUT2D eigenvalue weighted by molar-refractivity contribution is 6.03. The van der Waals surface area contributed by atoms with Crippen LogP contribution in [0.2, 0.25) is 0 Å². The van der Waals surface area contributed by atoms with Crippen molar-refractivity contribution in [1.29, 1.82) is 0 Å². The molecule has 2 fully saturated rings. The molecule has 1 heterocycles. The Labute approximate surface area is 152 Å². The Hall–Kier alpha value is -1.12. The first kappa shape index (κ1) is 17.3. The zero-order valence-electron chi connectivity index (χ0n) is 16.3. The highest BCUT2D eigenvalue weighted by Gasteiger charge is 2.63. The zero-order chi connectivity index (χ0) is 17.9. The summed E-state index contributed by atoms with van der Waals surface area (Å²) in [4.78, 5) is 18.2. The third-order valence-electron chi connectivity index (χ3n) is 8.09. The van der Waals surface area contributed by atoms with Gasteiger partial charge in [-0.1, -0.05) is 45.3 Å². The van der Waals surface area contributed by atoms with E-state index >= 15 is 0 Å². The number of allylic oxidation sites excluding steroid dienone is 2. The summed E-state index contributed by atoms with van der Waals surface area (Å²) >= 11 is 0. The fraction of sp³-hybridized carbons (Fsp3) is 0.818. The normalized spacial score (nSPS) is 44.3. The van der Waals surface area contributed by atoms with Crippen molar-refractivity contribution in [1.82, 2.24) is 0 Å². The van der Waals surface area contributed by atoms with Crippen molar-refractivity contribution in [2.75, 3.05) is 6.61 Å². The van der Waals surface area contributed by atoms with Gasteiger partial charge in [0.2, 0.25) is 0 Å². The van der Waals surface area contributed by atoms with Gasteiger partial charge < -0.3 is 4.74 Å². The lowest BCUT2D eigenvalue weighted by Gasteiger charge is -2.62. The predicted molar refractivity (Wildman–Crippen MR) is 101 cm³/mol. The summed E-state index contributed by atoms with van der Waals surface area (Å²) in [5.74, 6) is 0.939. The number of carbonyl (C=O) groups excluding carboxylic acids is 1. The molecule has 0 amide bonds. The predicted octanol–water partition coefficient (Wildman–Crippen LogP) is 4.95. The molecule has 0 radical (unpaired) electrons. The molecule has 3 heteroatoms. The van der Waals surface area contributed by atoms with E-state index in [4.69, 9.17) is 9.73 Å². The van der Waals surface area contributed by atoms with Crippen LogP contribution in [0.5, 0.6) is 0 Å². The van der Waals surface area contributed by atoms with Gasteiger partial charge in [0, 0.05) is 16.5 Å². The van der Waals surface area contributed by atoms with E-state index in [2.05, 4.69) is 32.9 Å². The number of rotatable bonds is 2. The summed E-state index contributed by atoms with van der Waals surface area (Å²) in [6.07, 6.45) is 13.2. The minimum absolute atomic E-state index is 0.0278. The van der Waals surface area contributed by atoms with Gasteiger partial charge in [0.05, 0.1) is 18.1 Å². The highest BCUT2D eigenvalue weighted by atomic mass is 16.5. The average molecular weight is 344 g/mol. The second kappa shape index (κ2) is 5.69. The van der Waals surface area contributed by atoms with Crippen molar-refractivity contribution >= 4 is 11.7 Å². The molecule has 0 saturated heterocycles. The van der Waals surface area contributed by atoms with Crippen LogP contribution in [-0.2, 0) is 9.53 Å². The fourth-order valence-corrected chi connectivity index (χ4v) is 6.47. The molecule has 3 nitrogen and oxygen atoms in total. The maximum atomic E-state index is 12.7. The third kappa shape index (κ3) is 2.30. The molecule has 2 bridgehead atoms. The van der Waals surface area contributed by atoms with Crippen molar-refractivity contribution in [3.63, 3.8) is 0 Å².